The van der Waals surface area contributed by atoms with Gasteiger partial charge in [-0.2, -0.15) is 0 Å². The molecule has 0 amide bonds. The summed E-state index contributed by atoms with van der Waals surface area (Å²) in [4.78, 5) is 0. The Kier molecular flexibility index (Phi) is 4.47. The monoisotopic (exact) mass is 248 g/mol. The number of rotatable bonds is 3. The second kappa shape index (κ2) is 5.34. The molecule has 0 saturated carbocycles. The first kappa shape index (κ1) is 15.1. The van der Waals surface area contributed by atoms with Gasteiger partial charge in [0.05, 0.1) is 0 Å². The van der Waals surface area contributed by atoms with Crippen molar-refractivity contribution in [2.45, 2.75) is 73.1 Å². The SMILES string of the molecule is CCCCc1c(C)c(C)c(O)c(C(C)(C)C)c1C. The summed E-state index contributed by atoms with van der Waals surface area (Å²) >= 11 is 0. The van der Waals surface area contributed by atoms with E-state index in [-0.39, 0.29) is 5.41 Å². The van der Waals surface area contributed by atoms with Gasteiger partial charge in [0, 0.05) is 5.56 Å². The van der Waals surface area contributed by atoms with Gasteiger partial charge < -0.3 is 5.11 Å². The number of unbranched alkanes of at least 4 members (excludes halogenated alkanes) is 1. The van der Waals surface area contributed by atoms with Gasteiger partial charge in [0.2, 0.25) is 0 Å². The highest BCUT2D eigenvalue weighted by molar-refractivity contribution is 5.56. The van der Waals surface area contributed by atoms with Crippen molar-refractivity contribution in [1.82, 2.24) is 0 Å². The number of phenolic OH excluding ortho intramolecular Hbond substituents is 1. The molecule has 1 heteroatoms. The molecule has 0 aliphatic rings. The summed E-state index contributed by atoms with van der Waals surface area (Å²) in [7, 11) is 0. The average molecular weight is 248 g/mol. The number of hydrogen-bond donors (Lipinski definition) is 1. The van der Waals surface area contributed by atoms with Crippen molar-refractivity contribution in [3.05, 3.63) is 27.8 Å². The minimum Gasteiger partial charge on any atom is -0.507 e. The van der Waals surface area contributed by atoms with Crippen LogP contribution in [0, 0.1) is 20.8 Å². The summed E-state index contributed by atoms with van der Waals surface area (Å²) < 4.78 is 0. The molecule has 1 aromatic carbocycles. The molecule has 18 heavy (non-hydrogen) atoms. The zero-order valence-electron chi connectivity index (χ0n) is 13.1. The fraction of sp³-hybridized carbons (Fsp3) is 0.647. The van der Waals surface area contributed by atoms with Crippen LogP contribution in [0.5, 0.6) is 5.75 Å². The number of hydrogen-bond acceptors (Lipinski definition) is 1. The number of aromatic hydroxyl groups is 1. The Hall–Kier alpha value is -0.980. The largest absolute Gasteiger partial charge is 0.507 e. The van der Waals surface area contributed by atoms with Crippen LogP contribution < -0.4 is 0 Å². The molecule has 0 unspecified atom stereocenters. The molecule has 0 aromatic heterocycles. The van der Waals surface area contributed by atoms with E-state index >= 15 is 0 Å². The minimum absolute atomic E-state index is 0.00636. The van der Waals surface area contributed by atoms with Gasteiger partial charge >= 0.3 is 0 Å². The molecule has 0 aliphatic heterocycles. The Labute approximate surface area is 112 Å². The van der Waals surface area contributed by atoms with Crippen LogP contribution in [-0.4, -0.2) is 5.11 Å². The lowest BCUT2D eigenvalue weighted by Crippen LogP contribution is -2.16. The van der Waals surface area contributed by atoms with E-state index in [2.05, 4.69) is 41.5 Å². The normalized spacial score (nSPS) is 11.9. The average Bonchev–Trinajstić information content (AvgIpc) is 2.24. The second-order valence-corrected chi connectivity index (χ2v) is 6.43. The first-order valence-electron chi connectivity index (χ1n) is 7.03. The summed E-state index contributed by atoms with van der Waals surface area (Å²) in [5.41, 5.74) is 6.17. The zero-order valence-corrected chi connectivity index (χ0v) is 13.1. The van der Waals surface area contributed by atoms with E-state index < -0.39 is 0 Å². The summed E-state index contributed by atoms with van der Waals surface area (Å²) in [6.07, 6.45) is 3.55. The molecule has 0 aliphatic carbocycles. The van der Waals surface area contributed by atoms with Crippen LogP contribution in [0.3, 0.4) is 0 Å². The minimum atomic E-state index is -0.00636. The van der Waals surface area contributed by atoms with Crippen molar-refractivity contribution in [1.29, 1.82) is 0 Å². The van der Waals surface area contributed by atoms with Gasteiger partial charge in [-0.25, -0.2) is 0 Å². The Morgan fingerprint density at radius 1 is 0.944 bits per heavy atom. The molecular formula is C17H28O. The third-order valence-electron chi connectivity index (χ3n) is 3.97. The highest BCUT2D eigenvalue weighted by atomic mass is 16.3. The van der Waals surface area contributed by atoms with Gasteiger partial charge in [-0.1, -0.05) is 34.1 Å². The molecule has 0 spiro atoms. The van der Waals surface area contributed by atoms with E-state index in [1.54, 1.807) is 0 Å². The smallest absolute Gasteiger partial charge is 0.122 e. The van der Waals surface area contributed by atoms with Gasteiger partial charge in [0.25, 0.3) is 0 Å². The van der Waals surface area contributed by atoms with Gasteiger partial charge in [0.15, 0.2) is 0 Å². The fourth-order valence-corrected chi connectivity index (χ4v) is 2.85. The zero-order chi connectivity index (χ0) is 14.1. The molecule has 0 radical (unpaired) electrons. The van der Waals surface area contributed by atoms with E-state index in [0.717, 1.165) is 17.5 Å². The Morgan fingerprint density at radius 3 is 1.94 bits per heavy atom. The lowest BCUT2D eigenvalue weighted by Gasteiger charge is -2.27. The van der Waals surface area contributed by atoms with Crippen LogP contribution in [0.2, 0.25) is 0 Å². The van der Waals surface area contributed by atoms with Gasteiger partial charge in [0.1, 0.15) is 5.75 Å². The topological polar surface area (TPSA) is 20.2 Å². The third-order valence-corrected chi connectivity index (χ3v) is 3.97. The van der Waals surface area contributed by atoms with Crippen molar-refractivity contribution < 1.29 is 5.11 Å². The predicted octanol–water partition coefficient (Wildman–Crippen LogP) is 4.96. The van der Waals surface area contributed by atoms with Gasteiger partial charge in [-0.05, 0) is 61.3 Å². The highest BCUT2D eigenvalue weighted by Crippen LogP contribution is 2.40. The lowest BCUT2D eigenvalue weighted by atomic mass is 9.78. The molecule has 0 heterocycles. The summed E-state index contributed by atoms with van der Waals surface area (Å²) in [5.74, 6) is 0.498. The molecule has 0 atom stereocenters. The van der Waals surface area contributed by atoms with Crippen molar-refractivity contribution in [3.63, 3.8) is 0 Å². The molecule has 0 fully saturated rings. The van der Waals surface area contributed by atoms with E-state index in [1.165, 1.54) is 29.5 Å². The molecule has 1 rings (SSSR count). The van der Waals surface area contributed by atoms with Gasteiger partial charge in [-0.3, -0.25) is 0 Å². The number of phenols is 1. The second-order valence-electron chi connectivity index (χ2n) is 6.43. The van der Waals surface area contributed by atoms with E-state index in [9.17, 15) is 5.11 Å². The van der Waals surface area contributed by atoms with Crippen molar-refractivity contribution >= 4 is 0 Å². The lowest BCUT2D eigenvalue weighted by molar-refractivity contribution is 0.440. The standard InChI is InChI=1S/C17H28O/c1-8-9-10-14-11(2)12(3)16(18)15(13(14)4)17(5,6)7/h18H,8-10H2,1-7H3. The molecular weight excluding hydrogens is 220 g/mol. The van der Waals surface area contributed by atoms with E-state index in [4.69, 9.17) is 0 Å². The van der Waals surface area contributed by atoms with Crippen molar-refractivity contribution in [2.75, 3.05) is 0 Å². The van der Waals surface area contributed by atoms with E-state index in [1.807, 2.05) is 6.92 Å². The van der Waals surface area contributed by atoms with Crippen LogP contribution in [0.4, 0.5) is 0 Å². The van der Waals surface area contributed by atoms with Crippen LogP contribution in [-0.2, 0) is 11.8 Å². The first-order chi connectivity index (χ1) is 8.21. The Bertz CT molecular complexity index is 436. The Morgan fingerprint density at radius 2 is 1.50 bits per heavy atom. The molecule has 102 valence electrons. The quantitative estimate of drug-likeness (QED) is 0.801. The summed E-state index contributed by atoms with van der Waals surface area (Å²) in [5, 5.41) is 10.4. The maximum absolute atomic E-state index is 10.4. The molecule has 1 N–H and O–H groups in total. The first-order valence-corrected chi connectivity index (χ1v) is 7.03. The molecule has 0 saturated heterocycles. The third kappa shape index (κ3) is 2.71. The molecule has 1 aromatic rings. The highest BCUT2D eigenvalue weighted by Gasteiger charge is 2.25. The maximum Gasteiger partial charge on any atom is 0.122 e. The molecule has 1 nitrogen and oxygen atoms in total. The van der Waals surface area contributed by atoms with E-state index in [0.29, 0.717) is 5.75 Å². The Balaban J connectivity index is 3.50. The van der Waals surface area contributed by atoms with Crippen molar-refractivity contribution in [3.8, 4) is 5.75 Å². The fourth-order valence-electron chi connectivity index (χ4n) is 2.85. The number of benzene rings is 1. The maximum atomic E-state index is 10.4. The predicted molar refractivity (Wildman–Crippen MR) is 79.6 cm³/mol. The van der Waals surface area contributed by atoms with Crippen LogP contribution in [0.15, 0.2) is 0 Å². The molecule has 0 bridgehead atoms. The van der Waals surface area contributed by atoms with Crippen molar-refractivity contribution in [2.24, 2.45) is 0 Å². The summed E-state index contributed by atoms with van der Waals surface area (Å²) in [6.45, 7) is 15.1. The summed E-state index contributed by atoms with van der Waals surface area (Å²) in [6, 6.07) is 0. The van der Waals surface area contributed by atoms with Gasteiger partial charge in [-0.15, -0.1) is 0 Å². The van der Waals surface area contributed by atoms with Crippen LogP contribution in [0.25, 0.3) is 0 Å². The van der Waals surface area contributed by atoms with Crippen LogP contribution in [0.1, 0.15) is 68.4 Å². The van der Waals surface area contributed by atoms with Crippen LogP contribution >= 0.6 is 0 Å².